The van der Waals surface area contributed by atoms with E-state index in [-0.39, 0.29) is 0 Å². The van der Waals surface area contributed by atoms with Crippen LogP contribution in [0, 0.1) is 0 Å². The van der Waals surface area contributed by atoms with Gasteiger partial charge in [-0.3, -0.25) is 0 Å². The van der Waals surface area contributed by atoms with E-state index in [4.69, 9.17) is 0 Å². The van der Waals surface area contributed by atoms with Crippen LogP contribution >= 0.6 is 11.3 Å². The Hall–Kier alpha value is -8.50. The molecule has 316 valence electrons. The summed E-state index contributed by atoms with van der Waals surface area (Å²) in [5.74, 6) is 0. The van der Waals surface area contributed by atoms with Crippen LogP contribution in [-0.4, -0.2) is 0 Å². The van der Waals surface area contributed by atoms with Crippen LogP contribution in [0.5, 0.6) is 0 Å². The summed E-state index contributed by atoms with van der Waals surface area (Å²) in [5, 5.41) is 8.93. The van der Waals surface area contributed by atoms with Crippen molar-refractivity contribution in [2.45, 2.75) is 0 Å². The third-order valence-electron chi connectivity index (χ3n) is 12.8. The van der Waals surface area contributed by atoms with Gasteiger partial charge in [0.05, 0.1) is 0 Å². The Morgan fingerprint density at radius 1 is 0.284 bits per heavy atom. The van der Waals surface area contributed by atoms with Crippen LogP contribution in [-0.2, 0) is 0 Å². The summed E-state index contributed by atoms with van der Waals surface area (Å²) in [4.78, 5) is 2.40. The van der Waals surface area contributed by atoms with Crippen molar-refractivity contribution in [3.63, 3.8) is 0 Å². The van der Waals surface area contributed by atoms with Gasteiger partial charge in [0.1, 0.15) is 0 Å². The van der Waals surface area contributed by atoms with Crippen molar-refractivity contribution in [1.29, 1.82) is 0 Å². The molecule has 1 heterocycles. The topological polar surface area (TPSA) is 15.3 Å². The lowest BCUT2D eigenvalue weighted by Gasteiger charge is -2.27. The fourth-order valence-electron chi connectivity index (χ4n) is 9.52. The molecule has 0 saturated heterocycles. The van der Waals surface area contributed by atoms with E-state index >= 15 is 0 Å². The van der Waals surface area contributed by atoms with Crippen molar-refractivity contribution in [3.05, 3.63) is 261 Å². The number of hydrogen-bond acceptors (Lipinski definition) is 3. The largest absolute Gasteiger partial charge is 0.355 e. The molecule has 0 fully saturated rings. The van der Waals surface area contributed by atoms with E-state index in [9.17, 15) is 0 Å². The number of rotatable bonds is 10. The molecule has 0 bridgehead atoms. The summed E-state index contributed by atoms with van der Waals surface area (Å²) in [5.41, 5.74) is 17.1. The van der Waals surface area contributed by atoms with Gasteiger partial charge in [-0.15, -0.1) is 11.3 Å². The molecule has 0 unspecified atom stereocenters. The lowest BCUT2D eigenvalue weighted by Crippen LogP contribution is -2.10. The highest BCUT2D eigenvalue weighted by Crippen LogP contribution is 2.45. The average molecular weight is 873 g/mol. The van der Waals surface area contributed by atoms with Crippen molar-refractivity contribution in [2.75, 3.05) is 10.2 Å². The Balaban J connectivity index is 0.946. The molecule has 1 N–H and O–H groups in total. The lowest BCUT2D eigenvalue weighted by atomic mass is 9.97. The van der Waals surface area contributed by atoms with Gasteiger partial charge in [0.15, 0.2) is 0 Å². The summed E-state index contributed by atoms with van der Waals surface area (Å²) >= 11 is 1.90. The van der Waals surface area contributed by atoms with E-state index in [1.54, 1.807) is 0 Å². The van der Waals surface area contributed by atoms with Crippen molar-refractivity contribution in [1.82, 2.24) is 0 Å². The quantitative estimate of drug-likeness (QED) is 0.147. The number of para-hydroxylation sites is 1. The molecule has 3 heteroatoms. The van der Waals surface area contributed by atoms with E-state index in [0.29, 0.717) is 0 Å². The Morgan fingerprint density at radius 3 is 1.49 bits per heavy atom. The molecule has 0 spiro atoms. The minimum absolute atomic E-state index is 1.04. The van der Waals surface area contributed by atoms with Gasteiger partial charge in [0.25, 0.3) is 0 Å². The second-order valence-electron chi connectivity index (χ2n) is 17.0. The van der Waals surface area contributed by atoms with Crippen LogP contribution in [0.15, 0.2) is 261 Å². The number of anilines is 5. The van der Waals surface area contributed by atoms with Gasteiger partial charge in [0.2, 0.25) is 0 Å². The predicted octanol–water partition coefficient (Wildman–Crippen LogP) is 18.8. The fraction of sp³-hybridized carbons (Fsp3) is 0. The first-order valence-electron chi connectivity index (χ1n) is 22.8. The molecule has 0 radical (unpaired) electrons. The van der Waals surface area contributed by atoms with Crippen molar-refractivity contribution in [3.8, 4) is 55.6 Å². The number of fused-ring (bicyclic) bond motifs is 5. The first kappa shape index (κ1) is 40.0. The van der Waals surface area contributed by atoms with Gasteiger partial charge in [-0.1, -0.05) is 200 Å². The van der Waals surface area contributed by atoms with Gasteiger partial charge >= 0.3 is 0 Å². The van der Waals surface area contributed by atoms with Gasteiger partial charge in [-0.25, -0.2) is 0 Å². The third kappa shape index (κ3) is 7.82. The smallest absolute Gasteiger partial charge is 0.0473 e. The molecule has 11 aromatic carbocycles. The van der Waals surface area contributed by atoms with Gasteiger partial charge in [0, 0.05) is 54.2 Å². The normalized spacial score (nSPS) is 11.3. The Labute approximate surface area is 395 Å². The molecular weight excluding hydrogens is 829 g/mol. The summed E-state index contributed by atoms with van der Waals surface area (Å²) in [6.45, 7) is 0. The zero-order valence-electron chi connectivity index (χ0n) is 36.7. The molecule has 0 atom stereocenters. The molecule has 67 heavy (non-hydrogen) atoms. The monoisotopic (exact) mass is 872 g/mol. The predicted molar refractivity (Wildman–Crippen MR) is 288 cm³/mol. The van der Waals surface area contributed by atoms with Crippen molar-refractivity contribution < 1.29 is 0 Å². The molecule has 12 rings (SSSR count). The second kappa shape index (κ2) is 17.5. The average Bonchev–Trinajstić information content (AvgIpc) is 3.80. The Morgan fingerprint density at radius 2 is 0.791 bits per heavy atom. The number of nitrogens with one attached hydrogen (secondary N) is 1. The van der Waals surface area contributed by atoms with Crippen LogP contribution in [0.4, 0.5) is 28.4 Å². The van der Waals surface area contributed by atoms with E-state index in [1.807, 2.05) is 11.3 Å². The molecular formula is C64H44N2S. The van der Waals surface area contributed by atoms with Gasteiger partial charge in [-0.05, 0) is 122 Å². The highest BCUT2D eigenvalue weighted by atomic mass is 32.1. The standard InChI is InChI=1S/C64H44N2S/c1-4-16-44(17-5-1)51-40-52(45-18-6-2-7-19-45)43-56(42-51)66(55-37-32-49(33-38-55)59-27-15-28-60-61-39-34-48-22-10-11-26-58(48)64(61)67-63(59)60)54-35-30-46(31-36-54)50-23-14-24-53(41-50)65-62-29-13-12-25-57(62)47-20-8-3-9-21-47/h1-43,65H. The summed E-state index contributed by atoms with van der Waals surface area (Å²) < 4.78 is 2.66. The zero-order chi connectivity index (χ0) is 44.5. The number of hydrogen-bond donors (Lipinski definition) is 1. The molecule has 12 aromatic rings. The maximum absolute atomic E-state index is 3.72. The van der Waals surface area contributed by atoms with E-state index < -0.39 is 0 Å². The number of benzene rings is 11. The molecule has 2 nitrogen and oxygen atoms in total. The van der Waals surface area contributed by atoms with E-state index in [0.717, 1.165) is 50.7 Å². The summed E-state index contributed by atoms with van der Waals surface area (Å²) in [6, 6.07) is 94.3. The summed E-state index contributed by atoms with van der Waals surface area (Å²) in [6.07, 6.45) is 0. The molecule has 0 saturated carbocycles. The first-order valence-corrected chi connectivity index (χ1v) is 23.6. The zero-order valence-corrected chi connectivity index (χ0v) is 37.5. The van der Waals surface area contributed by atoms with Gasteiger partial charge < -0.3 is 10.2 Å². The SMILES string of the molecule is c1ccc(-c2cc(-c3ccccc3)cc(N(c3ccc(-c4cccc(Nc5ccccc5-c5ccccc5)c4)cc3)c3ccc(-c4cccc5c4sc4c6ccccc6ccc54)cc3)c2)cc1. The van der Waals surface area contributed by atoms with E-state index in [1.165, 1.54) is 64.3 Å². The minimum Gasteiger partial charge on any atom is -0.355 e. The number of thiophene rings is 1. The highest BCUT2D eigenvalue weighted by Gasteiger charge is 2.18. The molecule has 1 aromatic heterocycles. The van der Waals surface area contributed by atoms with Crippen molar-refractivity contribution >= 4 is 70.7 Å². The maximum Gasteiger partial charge on any atom is 0.0473 e. The van der Waals surface area contributed by atoms with Crippen LogP contribution in [0.1, 0.15) is 0 Å². The fourth-order valence-corrected chi connectivity index (χ4v) is 10.9. The molecule has 0 aliphatic heterocycles. The minimum atomic E-state index is 1.04. The second-order valence-corrected chi connectivity index (χ2v) is 18.0. The Bertz CT molecular complexity index is 3630. The van der Waals surface area contributed by atoms with Gasteiger partial charge in [-0.2, -0.15) is 0 Å². The Kier molecular flexibility index (Phi) is 10.4. The number of nitrogens with zero attached hydrogens (tertiary/aromatic N) is 1. The van der Waals surface area contributed by atoms with E-state index in [2.05, 4.69) is 271 Å². The summed E-state index contributed by atoms with van der Waals surface area (Å²) in [7, 11) is 0. The first-order chi connectivity index (χ1) is 33.2. The molecule has 0 amide bonds. The van der Waals surface area contributed by atoms with Crippen LogP contribution in [0.2, 0.25) is 0 Å². The van der Waals surface area contributed by atoms with Crippen LogP contribution in [0.25, 0.3) is 86.6 Å². The molecule has 0 aliphatic rings. The van der Waals surface area contributed by atoms with Crippen molar-refractivity contribution in [2.24, 2.45) is 0 Å². The maximum atomic E-state index is 3.72. The highest BCUT2D eigenvalue weighted by molar-refractivity contribution is 7.27. The van der Waals surface area contributed by atoms with Crippen LogP contribution in [0.3, 0.4) is 0 Å². The lowest BCUT2D eigenvalue weighted by molar-refractivity contribution is 1.28. The van der Waals surface area contributed by atoms with Crippen LogP contribution < -0.4 is 10.2 Å². The molecule has 0 aliphatic carbocycles. The third-order valence-corrected chi connectivity index (χ3v) is 14.1.